The lowest BCUT2D eigenvalue weighted by Gasteiger charge is -2.08. The second-order valence-corrected chi connectivity index (χ2v) is 5.29. The lowest BCUT2D eigenvalue weighted by Crippen LogP contribution is -2.08. The molecule has 0 aliphatic heterocycles. The number of benzene rings is 1. The van der Waals surface area contributed by atoms with Crippen molar-refractivity contribution in [2.75, 3.05) is 14.2 Å². The van der Waals surface area contributed by atoms with Crippen LogP contribution in [-0.2, 0) is 16.0 Å². The number of aryl methyl sites for hydroxylation is 1. The molecule has 7 nitrogen and oxygen atoms in total. The third-order valence-corrected chi connectivity index (χ3v) is 3.51. The predicted molar refractivity (Wildman–Crippen MR) is 92.3 cm³/mol. The van der Waals surface area contributed by atoms with E-state index in [0.29, 0.717) is 11.3 Å². The molecule has 1 aromatic carbocycles. The molecule has 0 spiro atoms. The maximum Gasteiger partial charge on any atom is 0.338 e. The Morgan fingerprint density at radius 1 is 1.28 bits per heavy atom. The summed E-state index contributed by atoms with van der Waals surface area (Å²) in [6, 6.07) is 10.8. The van der Waals surface area contributed by atoms with Gasteiger partial charge in [-0.05, 0) is 24.6 Å². The molecule has 1 heterocycles. The Morgan fingerprint density at radius 2 is 1.96 bits per heavy atom. The van der Waals surface area contributed by atoms with Gasteiger partial charge in [-0.3, -0.25) is 10.1 Å². The summed E-state index contributed by atoms with van der Waals surface area (Å²) in [6.45, 7) is 1.69. The Balaban J connectivity index is 2.57. The van der Waals surface area contributed by atoms with Crippen LogP contribution in [0.5, 0.6) is 5.88 Å². The van der Waals surface area contributed by atoms with E-state index in [1.807, 2.05) is 30.3 Å². The van der Waals surface area contributed by atoms with Gasteiger partial charge in [0.05, 0.1) is 24.7 Å². The number of nitro groups is 1. The van der Waals surface area contributed by atoms with Gasteiger partial charge in [-0.15, -0.1) is 0 Å². The number of nitrogens with zero attached hydrogens (tertiary/aromatic N) is 2. The Bertz CT molecular complexity index is 816. The lowest BCUT2D eigenvalue weighted by atomic mass is 10.0. The van der Waals surface area contributed by atoms with E-state index in [0.717, 1.165) is 5.56 Å². The molecule has 0 aliphatic carbocycles. The van der Waals surface area contributed by atoms with Crippen LogP contribution in [-0.4, -0.2) is 30.1 Å². The van der Waals surface area contributed by atoms with Crippen LogP contribution in [0.2, 0.25) is 0 Å². The highest BCUT2D eigenvalue weighted by molar-refractivity contribution is 5.95. The zero-order chi connectivity index (χ0) is 18.4. The molecule has 7 heteroatoms. The first-order valence-electron chi connectivity index (χ1n) is 7.49. The van der Waals surface area contributed by atoms with E-state index in [2.05, 4.69) is 4.98 Å². The van der Waals surface area contributed by atoms with Crippen molar-refractivity contribution in [1.29, 1.82) is 0 Å². The minimum absolute atomic E-state index is 0.0971. The van der Waals surface area contributed by atoms with Gasteiger partial charge in [-0.1, -0.05) is 30.3 Å². The molecular weight excluding hydrogens is 324 g/mol. The molecule has 0 saturated carbocycles. The number of hydrogen-bond acceptors (Lipinski definition) is 6. The number of pyridine rings is 1. The number of rotatable bonds is 6. The van der Waals surface area contributed by atoms with Gasteiger partial charge >= 0.3 is 11.7 Å². The van der Waals surface area contributed by atoms with Crippen LogP contribution in [0.4, 0.5) is 5.69 Å². The normalized spacial score (nSPS) is 11.1. The highest BCUT2D eigenvalue weighted by Gasteiger charge is 2.23. The van der Waals surface area contributed by atoms with E-state index in [1.54, 1.807) is 6.92 Å². The molecular formula is C18H18N2O5. The molecule has 0 amide bonds. The molecule has 0 atom stereocenters. The molecule has 0 radical (unpaired) electrons. The molecule has 25 heavy (non-hydrogen) atoms. The first-order chi connectivity index (χ1) is 12.0. The first kappa shape index (κ1) is 18.1. The zero-order valence-electron chi connectivity index (χ0n) is 14.2. The van der Waals surface area contributed by atoms with Crippen LogP contribution in [0, 0.1) is 17.0 Å². The average molecular weight is 342 g/mol. The summed E-state index contributed by atoms with van der Waals surface area (Å²) >= 11 is 0. The van der Waals surface area contributed by atoms with Crippen LogP contribution in [0.25, 0.3) is 6.08 Å². The van der Waals surface area contributed by atoms with Crippen molar-refractivity contribution < 1.29 is 19.2 Å². The number of carbonyl (C=O) groups excluding carboxylic acids is 1. The molecule has 2 rings (SSSR count). The van der Waals surface area contributed by atoms with E-state index in [4.69, 9.17) is 9.47 Å². The zero-order valence-corrected chi connectivity index (χ0v) is 14.2. The van der Waals surface area contributed by atoms with Crippen molar-refractivity contribution in [3.63, 3.8) is 0 Å². The predicted octanol–water partition coefficient (Wildman–Crippen LogP) is 3.11. The average Bonchev–Trinajstić information content (AvgIpc) is 2.60. The lowest BCUT2D eigenvalue weighted by molar-refractivity contribution is -0.386. The number of esters is 1. The smallest absolute Gasteiger partial charge is 0.338 e. The van der Waals surface area contributed by atoms with E-state index >= 15 is 0 Å². The van der Waals surface area contributed by atoms with Gasteiger partial charge < -0.3 is 9.47 Å². The van der Waals surface area contributed by atoms with Gasteiger partial charge in [-0.2, -0.15) is 0 Å². The molecule has 0 fully saturated rings. The van der Waals surface area contributed by atoms with Gasteiger partial charge in [0.25, 0.3) is 5.88 Å². The van der Waals surface area contributed by atoms with Gasteiger partial charge in [0.2, 0.25) is 0 Å². The SMILES string of the molecule is COC(=O)C(=Cc1cc(C)nc(OC)c1[N+](=O)[O-])Cc1ccccc1. The van der Waals surface area contributed by atoms with Crippen molar-refractivity contribution in [1.82, 2.24) is 4.98 Å². The number of hydrogen-bond donors (Lipinski definition) is 0. The van der Waals surface area contributed by atoms with Crippen LogP contribution in [0.1, 0.15) is 16.8 Å². The van der Waals surface area contributed by atoms with Crippen LogP contribution >= 0.6 is 0 Å². The third kappa shape index (κ3) is 4.41. The van der Waals surface area contributed by atoms with Crippen molar-refractivity contribution in [3.8, 4) is 5.88 Å². The third-order valence-electron chi connectivity index (χ3n) is 3.51. The van der Waals surface area contributed by atoms with Crippen molar-refractivity contribution in [2.45, 2.75) is 13.3 Å². The number of aromatic nitrogens is 1. The topological polar surface area (TPSA) is 91.6 Å². The summed E-state index contributed by atoms with van der Waals surface area (Å²) in [5, 5.41) is 11.4. The maximum absolute atomic E-state index is 12.1. The van der Waals surface area contributed by atoms with Crippen LogP contribution in [0.15, 0.2) is 42.0 Å². The maximum atomic E-state index is 12.1. The molecule has 0 aliphatic rings. The molecule has 1 aromatic heterocycles. The summed E-state index contributed by atoms with van der Waals surface area (Å²) in [7, 11) is 2.58. The minimum atomic E-state index is -0.575. The summed E-state index contributed by atoms with van der Waals surface area (Å²) < 4.78 is 9.84. The molecule has 0 saturated heterocycles. The largest absolute Gasteiger partial charge is 0.476 e. The van der Waals surface area contributed by atoms with Crippen LogP contribution in [0.3, 0.4) is 0 Å². The van der Waals surface area contributed by atoms with Gasteiger partial charge in [0, 0.05) is 17.7 Å². The van der Waals surface area contributed by atoms with Crippen molar-refractivity contribution in [2.24, 2.45) is 0 Å². The monoisotopic (exact) mass is 342 g/mol. The Morgan fingerprint density at radius 3 is 2.52 bits per heavy atom. The molecule has 0 N–H and O–H groups in total. The van der Waals surface area contributed by atoms with Gasteiger partial charge in [0.1, 0.15) is 0 Å². The highest BCUT2D eigenvalue weighted by atomic mass is 16.6. The second-order valence-electron chi connectivity index (χ2n) is 5.29. The summed E-state index contributed by atoms with van der Waals surface area (Å²) in [5.41, 5.74) is 1.68. The Kier molecular flexibility index (Phi) is 5.84. The fourth-order valence-electron chi connectivity index (χ4n) is 2.41. The minimum Gasteiger partial charge on any atom is -0.476 e. The van der Waals surface area contributed by atoms with E-state index < -0.39 is 10.9 Å². The fraction of sp³-hybridized carbons (Fsp3) is 0.222. The van der Waals surface area contributed by atoms with Crippen LogP contribution < -0.4 is 4.74 Å². The summed E-state index contributed by atoms with van der Waals surface area (Å²) in [6.07, 6.45) is 1.74. The standard InChI is InChI=1S/C18H18N2O5/c1-12-9-14(16(20(22)23)17(19-12)24-2)11-15(18(21)25-3)10-13-7-5-4-6-8-13/h4-9,11H,10H2,1-3H3. The Labute approximate surface area is 145 Å². The van der Waals surface area contributed by atoms with E-state index in [-0.39, 0.29) is 23.6 Å². The Hall–Kier alpha value is -3.22. The number of carbonyl (C=O) groups is 1. The van der Waals surface area contributed by atoms with E-state index in [9.17, 15) is 14.9 Å². The fourth-order valence-corrected chi connectivity index (χ4v) is 2.41. The number of methoxy groups -OCH3 is 2. The molecule has 130 valence electrons. The summed E-state index contributed by atoms with van der Waals surface area (Å²) in [5.74, 6) is -0.647. The second kappa shape index (κ2) is 8.05. The van der Waals surface area contributed by atoms with Crippen molar-refractivity contribution in [3.05, 3.63) is 68.9 Å². The molecule has 0 unspecified atom stereocenters. The van der Waals surface area contributed by atoms with Gasteiger partial charge in [-0.25, -0.2) is 9.78 Å². The number of ether oxygens (including phenoxy) is 2. The molecule has 0 bridgehead atoms. The quantitative estimate of drug-likeness (QED) is 0.347. The summed E-state index contributed by atoms with van der Waals surface area (Å²) in [4.78, 5) is 27.0. The first-order valence-corrected chi connectivity index (χ1v) is 7.49. The van der Waals surface area contributed by atoms with Gasteiger partial charge in [0.15, 0.2) is 0 Å². The highest BCUT2D eigenvalue weighted by Crippen LogP contribution is 2.31. The van der Waals surface area contributed by atoms with E-state index in [1.165, 1.54) is 26.4 Å². The molecule has 2 aromatic rings. The van der Waals surface area contributed by atoms with Crippen molar-refractivity contribution >= 4 is 17.7 Å².